The van der Waals surface area contributed by atoms with Gasteiger partial charge in [0.15, 0.2) is 0 Å². The first-order valence-electron chi connectivity index (χ1n) is 9.24. The van der Waals surface area contributed by atoms with Crippen LogP contribution in [-0.4, -0.2) is 40.6 Å². The van der Waals surface area contributed by atoms with Crippen molar-refractivity contribution in [3.05, 3.63) is 30.1 Å². The molecule has 9 nitrogen and oxygen atoms in total. The van der Waals surface area contributed by atoms with Gasteiger partial charge in [-0.15, -0.1) is 0 Å². The topological polar surface area (TPSA) is 123 Å². The highest BCUT2D eigenvalue weighted by Crippen LogP contribution is 2.59. The SMILES string of the molecule is CC(C)(C)CO[P@]1(=O)OC[C@H]2O[C@@H](c3ccc4c(N)ccnn34)[C@](C)(N)[C@@H]2O1. The van der Waals surface area contributed by atoms with Crippen molar-refractivity contribution in [3.8, 4) is 0 Å². The number of phosphoric ester groups is 1. The first-order chi connectivity index (χ1) is 13.0. The Balaban J connectivity index is 1.61. The molecule has 0 aromatic carbocycles. The molecule has 2 aromatic rings. The van der Waals surface area contributed by atoms with Gasteiger partial charge in [-0.3, -0.25) is 13.6 Å². The quantitative estimate of drug-likeness (QED) is 0.741. The number of rotatable bonds is 3. The van der Waals surface area contributed by atoms with Crippen molar-refractivity contribution in [2.75, 3.05) is 18.9 Å². The van der Waals surface area contributed by atoms with Gasteiger partial charge < -0.3 is 16.2 Å². The minimum atomic E-state index is -3.72. The van der Waals surface area contributed by atoms with E-state index in [0.29, 0.717) is 5.69 Å². The number of nitrogens with two attached hydrogens (primary N) is 2. The summed E-state index contributed by atoms with van der Waals surface area (Å²) >= 11 is 0. The number of aromatic nitrogens is 2. The summed E-state index contributed by atoms with van der Waals surface area (Å²) in [6, 6.07) is 5.48. The second-order valence-electron chi connectivity index (χ2n) is 8.87. The summed E-state index contributed by atoms with van der Waals surface area (Å²) in [5, 5.41) is 4.36. The zero-order valence-corrected chi connectivity index (χ0v) is 17.4. The fourth-order valence-electron chi connectivity index (χ4n) is 3.57. The molecule has 0 radical (unpaired) electrons. The number of anilines is 1. The van der Waals surface area contributed by atoms with Crippen LogP contribution in [0.15, 0.2) is 24.4 Å². The summed E-state index contributed by atoms with van der Waals surface area (Å²) < 4.78 is 37.5. The van der Waals surface area contributed by atoms with Crippen LogP contribution in [0.4, 0.5) is 5.69 Å². The van der Waals surface area contributed by atoms with Gasteiger partial charge in [0.25, 0.3) is 0 Å². The lowest BCUT2D eigenvalue weighted by atomic mass is 9.88. The molecule has 5 atom stereocenters. The van der Waals surface area contributed by atoms with E-state index in [1.165, 1.54) is 0 Å². The summed E-state index contributed by atoms with van der Waals surface area (Å²) in [6.07, 6.45) is -0.0387. The van der Waals surface area contributed by atoms with Crippen molar-refractivity contribution in [2.45, 2.75) is 51.5 Å². The first-order valence-corrected chi connectivity index (χ1v) is 10.7. The molecule has 2 aromatic heterocycles. The van der Waals surface area contributed by atoms with Crippen LogP contribution in [0, 0.1) is 5.41 Å². The van der Waals surface area contributed by atoms with Crippen LogP contribution in [0.5, 0.6) is 0 Å². The van der Waals surface area contributed by atoms with Gasteiger partial charge in [0.1, 0.15) is 18.3 Å². The Bertz CT molecular complexity index is 938. The van der Waals surface area contributed by atoms with Gasteiger partial charge in [0.05, 0.1) is 35.7 Å². The van der Waals surface area contributed by atoms with E-state index in [1.807, 2.05) is 39.8 Å². The third-order valence-electron chi connectivity index (χ3n) is 5.01. The Morgan fingerprint density at radius 1 is 1.39 bits per heavy atom. The van der Waals surface area contributed by atoms with Crippen molar-refractivity contribution in [2.24, 2.45) is 11.1 Å². The van der Waals surface area contributed by atoms with Gasteiger partial charge in [-0.2, -0.15) is 5.10 Å². The molecule has 4 rings (SSSR count). The van der Waals surface area contributed by atoms with Crippen LogP contribution >= 0.6 is 7.82 Å². The smallest absolute Gasteiger partial charge is 0.397 e. The maximum Gasteiger partial charge on any atom is 0.475 e. The molecule has 0 unspecified atom stereocenters. The Labute approximate surface area is 163 Å². The number of hydrogen-bond acceptors (Lipinski definition) is 8. The van der Waals surface area contributed by atoms with Crippen LogP contribution < -0.4 is 11.5 Å². The minimum Gasteiger partial charge on any atom is -0.397 e. The lowest BCUT2D eigenvalue weighted by molar-refractivity contribution is -0.0630. The molecule has 2 aliphatic heterocycles. The third kappa shape index (κ3) is 3.36. The zero-order valence-electron chi connectivity index (χ0n) is 16.5. The second-order valence-corrected chi connectivity index (χ2v) is 10.5. The van der Waals surface area contributed by atoms with Gasteiger partial charge in [0.2, 0.25) is 0 Å². The maximum absolute atomic E-state index is 12.9. The predicted octanol–water partition coefficient (Wildman–Crippen LogP) is 2.66. The number of nitrogen functional groups attached to an aromatic ring is 1. The van der Waals surface area contributed by atoms with Crippen molar-refractivity contribution < 1.29 is 22.9 Å². The zero-order chi connectivity index (χ0) is 20.3. The number of fused-ring (bicyclic) bond motifs is 2. The molecule has 154 valence electrons. The second kappa shape index (κ2) is 6.52. The summed E-state index contributed by atoms with van der Waals surface area (Å²) in [6.45, 7) is 8.06. The summed E-state index contributed by atoms with van der Waals surface area (Å²) in [7, 11) is -3.72. The lowest BCUT2D eigenvalue weighted by Gasteiger charge is -2.36. The van der Waals surface area contributed by atoms with Crippen molar-refractivity contribution >= 4 is 19.0 Å². The molecule has 10 heteroatoms. The number of ether oxygens (including phenoxy) is 1. The van der Waals surface area contributed by atoms with Gasteiger partial charge >= 0.3 is 7.82 Å². The van der Waals surface area contributed by atoms with Crippen LogP contribution in [-0.2, 0) is 22.9 Å². The minimum absolute atomic E-state index is 0.0776. The summed E-state index contributed by atoms with van der Waals surface area (Å²) in [5.74, 6) is 0. The third-order valence-corrected chi connectivity index (χ3v) is 6.40. The van der Waals surface area contributed by atoms with Crippen molar-refractivity contribution in [1.29, 1.82) is 0 Å². The monoisotopic (exact) mass is 410 g/mol. The van der Waals surface area contributed by atoms with E-state index >= 15 is 0 Å². The first kappa shape index (κ1) is 19.8. The van der Waals surface area contributed by atoms with E-state index in [9.17, 15) is 4.57 Å². The van der Waals surface area contributed by atoms with E-state index in [2.05, 4.69) is 5.10 Å². The number of phosphoric acid groups is 1. The van der Waals surface area contributed by atoms with E-state index in [4.69, 9.17) is 29.8 Å². The molecule has 0 amide bonds. The Kier molecular flexibility index (Phi) is 4.61. The van der Waals surface area contributed by atoms with Gasteiger partial charge in [0, 0.05) is 6.20 Å². The number of nitrogens with zero attached hydrogens (tertiary/aromatic N) is 2. The van der Waals surface area contributed by atoms with Gasteiger partial charge in [-0.25, -0.2) is 9.08 Å². The molecule has 0 aliphatic carbocycles. The molecule has 0 bridgehead atoms. The maximum atomic E-state index is 12.9. The predicted molar refractivity (Wildman–Crippen MR) is 104 cm³/mol. The van der Waals surface area contributed by atoms with E-state index in [1.54, 1.807) is 16.8 Å². The van der Waals surface area contributed by atoms with Crippen LogP contribution in [0.1, 0.15) is 39.5 Å². The van der Waals surface area contributed by atoms with Gasteiger partial charge in [-0.1, -0.05) is 20.8 Å². The highest BCUT2D eigenvalue weighted by molar-refractivity contribution is 7.48. The summed E-state index contributed by atoms with van der Waals surface area (Å²) in [4.78, 5) is 0. The van der Waals surface area contributed by atoms with Crippen LogP contribution in [0.25, 0.3) is 5.52 Å². The van der Waals surface area contributed by atoms with E-state index < -0.39 is 31.7 Å². The highest BCUT2D eigenvalue weighted by Gasteiger charge is 2.59. The molecule has 4 heterocycles. The van der Waals surface area contributed by atoms with E-state index in [-0.39, 0.29) is 18.6 Å². The highest BCUT2D eigenvalue weighted by atomic mass is 31.2. The molecular weight excluding hydrogens is 383 g/mol. The largest absolute Gasteiger partial charge is 0.475 e. The average molecular weight is 410 g/mol. The fraction of sp³-hybridized carbons (Fsp3) is 0.611. The Morgan fingerprint density at radius 2 is 2.14 bits per heavy atom. The fourth-order valence-corrected chi connectivity index (χ4v) is 5.28. The molecule has 0 spiro atoms. The molecule has 0 saturated carbocycles. The average Bonchev–Trinajstić information content (AvgIpc) is 3.13. The molecule has 28 heavy (non-hydrogen) atoms. The normalized spacial score (nSPS) is 36.0. The van der Waals surface area contributed by atoms with Gasteiger partial charge in [-0.05, 0) is 30.5 Å². The van der Waals surface area contributed by atoms with E-state index in [0.717, 1.165) is 11.2 Å². The Hall–Kier alpha value is -1.48. The van der Waals surface area contributed by atoms with Crippen LogP contribution in [0.2, 0.25) is 0 Å². The molecule has 2 fully saturated rings. The van der Waals surface area contributed by atoms with Crippen LogP contribution in [0.3, 0.4) is 0 Å². The Morgan fingerprint density at radius 3 is 2.86 bits per heavy atom. The summed E-state index contributed by atoms with van der Waals surface area (Å²) in [5.41, 5.74) is 13.6. The molecule has 2 aliphatic rings. The molecular formula is C18H27N4O5P. The lowest BCUT2D eigenvalue weighted by Crippen LogP contribution is -2.53. The molecule has 2 saturated heterocycles. The molecule has 4 N–H and O–H groups in total. The standard InChI is InChI=1S/C18H27N4O5P/c1-17(2,3)10-25-28(23)24-9-14-16(27-28)18(4,20)15(26-14)13-6-5-12-11(19)7-8-21-22(12)13/h5-8,14-16H,9-10,19-20H2,1-4H3/t14-,15+,16-,18+,28+/m1/s1. The van der Waals surface area contributed by atoms with Crippen molar-refractivity contribution in [3.63, 3.8) is 0 Å². The number of hydrogen-bond donors (Lipinski definition) is 2. The van der Waals surface area contributed by atoms with Crippen molar-refractivity contribution in [1.82, 2.24) is 9.61 Å².